The molecule has 1 unspecified atom stereocenters. The molecule has 2 amide bonds. The Labute approximate surface area is 134 Å². The normalized spacial score (nSPS) is 11.1. The van der Waals surface area contributed by atoms with Crippen molar-refractivity contribution in [3.8, 4) is 11.5 Å². The zero-order chi connectivity index (χ0) is 17.4. The molecule has 23 heavy (non-hydrogen) atoms. The molecule has 1 atom stereocenters. The summed E-state index contributed by atoms with van der Waals surface area (Å²) < 4.78 is 14.6. The van der Waals surface area contributed by atoms with Crippen LogP contribution in [0.1, 0.15) is 13.3 Å². The number of ether oxygens (including phenoxy) is 3. The molecule has 0 aromatic heterocycles. The first-order chi connectivity index (χ1) is 10.9. The highest BCUT2D eigenvalue weighted by Crippen LogP contribution is 2.25. The van der Waals surface area contributed by atoms with Gasteiger partial charge in [-0.25, -0.2) is 0 Å². The van der Waals surface area contributed by atoms with E-state index in [1.54, 1.807) is 25.1 Å². The summed E-state index contributed by atoms with van der Waals surface area (Å²) in [7, 11) is 4.20. The van der Waals surface area contributed by atoms with E-state index in [1.165, 1.54) is 21.3 Å². The lowest BCUT2D eigenvalue weighted by Gasteiger charge is -2.13. The molecular formula is C15H20N2O6. The Morgan fingerprint density at radius 3 is 2.04 bits per heavy atom. The van der Waals surface area contributed by atoms with E-state index in [0.717, 1.165) is 0 Å². The summed E-state index contributed by atoms with van der Waals surface area (Å²) in [5.74, 6) is -1.26. The number of carbonyl (C=O) groups excluding carboxylic acids is 3. The predicted octanol–water partition coefficient (Wildman–Crippen LogP) is 0.710. The van der Waals surface area contributed by atoms with E-state index in [2.05, 4.69) is 15.4 Å². The fourth-order valence-electron chi connectivity index (χ4n) is 1.74. The van der Waals surface area contributed by atoms with Crippen LogP contribution in [0.15, 0.2) is 18.2 Å². The molecule has 0 saturated heterocycles. The van der Waals surface area contributed by atoms with Gasteiger partial charge in [0.1, 0.15) is 11.5 Å². The maximum Gasteiger partial charge on any atom is 0.313 e. The molecule has 0 aliphatic carbocycles. The number of rotatable bonds is 6. The van der Waals surface area contributed by atoms with Crippen LogP contribution in [-0.2, 0) is 19.1 Å². The van der Waals surface area contributed by atoms with Crippen LogP contribution in [0.25, 0.3) is 0 Å². The number of amides is 2. The topological polar surface area (TPSA) is 103 Å². The van der Waals surface area contributed by atoms with Crippen molar-refractivity contribution in [2.24, 2.45) is 0 Å². The number of benzene rings is 1. The molecule has 0 bridgehead atoms. The molecule has 1 aromatic rings. The van der Waals surface area contributed by atoms with E-state index in [4.69, 9.17) is 9.47 Å². The van der Waals surface area contributed by atoms with Crippen molar-refractivity contribution in [3.63, 3.8) is 0 Å². The van der Waals surface area contributed by atoms with Gasteiger partial charge in [-0.15, -0.1) is 0 Å². The van der Waals surface area contributed by atoms with Crippen molar-refractivity contribution >= 4 is 23.5 Å². The molecule has 1 rings (SSSR count). The summed E-state index contributed by atoms with van der Waals surface area (Å²) in [5.41, 5.74) is 0.349. The second-order valence-electron chi connectivity index (χ2n) is 4.71. The molecule has 0 aliphatic heterocycles. The van der Waals surface area contributed by atoms with Crippen molar-refractivity contribution in [1.82, 2.24) is 5.32 Å². The van der Waals surface area contributed by atoms with E-state index in [-0.39, 0.29) is 6.42 Å². The SMILES string of the molecule is COC(=O)CC(C)NC(=O)C(=O)Nc1cc(OC)cc(OC)c1. The molecule has 1 aromatic carbocycles. The summed E-state index contributed by atoms with van der Waals surface area (Å²) in [5, 5.41) is 4.84. The first-order valence-electron chi connectivity index (χ1n) is 6.81. The van der Waals surface area contributed by atoms with Gasteiger partial charge in [-0.2, -0.15) is 0 Å². The molecule has 0 aliphatic rings. The standard InChI is InChI=1S/C15H20N2O6/c1-9(5-13(18)23-4)16-14(19)15(20)17-10-6-11(21-2)8-12(7-10)22-3/h6-9H,5H2,1-4H3,(H,16,19)(H,17,20). The molecular weight excluding hydrogens is 304 g/mol. The summed E-state index contributed by atoms with van der Waals surface area (Å²) in [4.78, 5) is 34.8. The number of carbonyl (C=O) groups is 3. The Balaban J connectivity index is 2.68. The lowest BCUT2D eigenvalue weighted by Crippen LogP contribution is -2.41. The zero-order valence-corrected chi connectivity index (χ0v) is 13.5. The van der Waals surface area contributed by atoms with Gasteiger partial charge in [0.2, 0.25) is 0 Å². The van der Waals surface area contributed by atoms with E-state index >= 15 is 0 Å². The summed E-state index contributed by atoms with van der Waals surface area (Å²) in [6, 6.07) is 4.20. The Morgan fingerprint density at radius 2 is 1.57 bits per heavy atom. The van der Waals surface area contributed by atoms with Gasteiger partial charge >= 0.3 is 17.8 Å². The Kier molecular flexibility index (Phi) is 6.85. The molecule has 0 spiro atoms. The lowest BCUT2D eigenvalue weighted by atomic mass is 10.2. The number of esters is 1. The quantitative estimate of drug-likeness (QED) is 0.590. The molecule has 126 valence electrons. The Bertz CT molecular complexity index is 565. The van der Waals surface area contributed by atoms with Gasteiger partial charge < -0.3 is 24.8 Å². The average Bonchev–Trinajstić information content (AvgIpc) is 2.53. The third-order valence-corrected chi connectivity index (χ3v) is 2.89. The molecule has 0 radical (unpaired) electrons. The van der Waals surface area contributed by atoms with Gasteiger partial charge in [-0.05, 0) is 6.92 Å². The molecule has 0 saturated carbocycles. The van der Waals surface area contributed by atoms with Gasteiger partial charge in [0, 0.05) is 29.9 Å². The summed E-state index contributed by atoms with van der Waals surface area (Å²) in [6.45, 7) is 1.59. The average molecular weight is 324 g/mol. The number of anilines is 1. The fourth-order valence-corrected chi connectivity index (χ4v) is 1.74. The maximum absolute atomic E-state index is 11.9. The van der Waals surface area contributed by atoms with E-state index in [9.17, 15) is 14.4 Å². The minimum Gasteiger partial charge on any atom is -0.497 e. The third-order valence-electron chi connectivity index (χ3n) is 2.89. The van der Waals surface area contributed by atoms with Crippen LogP contribution in [0.4, 0.5) is 5.69 Å². The zero-order valence-electron chi connectivity index (χ0n) is 13.5. The molecule has 0 heterocycles. The lowest BCUT2D eigenvalue weighted by molar-refractivity contribution is -0.142. The monoisotopic (exact) mass is 324 g/mol. The highest BCUT2D eigenvalue weighted by Gasteiger charge is 2.18. The van der Waals surface area contributed by atoms with Crippen molar-refractivity contribution in [1.29, 1.82) is 0 Å². The van der Waals surface area contributed by atoms with Gasteiger partial charge in [0.15, 0.2) is 0 Å². The maximum atomic E-state index is 11.9. The van der Waals surface area contributed by atoms with Crippen molar-refractivity contribution in [2.45, 2.75) is 19.4 Å². The van der Waals surface area contributed by atoms with E-state index in [0.29, 0.717) is 17.2 Å². The first-order valence-corrected chi connectivity index (χ1v) is 6.81. The van der Waals surface area contributed by atoms with Crippen LogP contribution in [0.3, 0.4) is 0 Å². The van der Waals surface area contributed by atoms with E-state index < -0.39 is 23.8 Å². The van der Waals surface area contributed by atoms with Gasteiger partial charge in [0.25, 0.3) is 0 Å². The highest BCUT2D eigenvalue weighted by molar-refractivity contribution is 6.39. The summed E-state index contributed by atoms with van der Waals surface area (Å²) in [6.07, 6.45) is -0.0253. The van der Waals surface area contributed by atoms with Gasteiger partial charge in [-0.1, -0.05) is 0 Å². The summed E-state index contributed by atoms with van der Waals surface area (Å²) >= 11 is 0. The van der Waals surface area contributed by atoms with Crippen molar-refractivity contribution < 1.29 is 28.6 Å². The van der Waals surface area contributed by atoms with Gasteiger partial charge in [-0.3, -0.25) is 14.4 Å². The van der Waals surface area contributed by atoms with Crippen LogP contribution >= 0.6 is 0 Å². The molecule has 8 nitrogen and oxygen atoms in total. The largest absolute Gasteiger partial charge is 0.497 e. The minimum atomic E-state index is -0.864. The smallest absolute Gasteiger partial charge is 0.313 e. The van der Waals surface area contributed by atoms with Crippen LogP contribution < -0.4 is 20.1 Å². The van der Waals surface area contributed by atoms with Gasteiger partial charge in [0.05, 0.1) is 27.8 Å². The van der Waals surface area contributed by atoms with E-state index in [1.807, 2.05) is 0 Å². The molecule has 0 fully saturated rings. The number of methoxy groups -OCH3 is 3. The number of hydrogen-bond acceptors (Lipinski definition) is 6. The molecule has 8 heteroatoms. The van der Waals surface area contributed by atoms with Crippen molar-refractivity contribution in [2.75, 3.05) is 26.6 Å². The number of hydrogen-bond donors (Lipinski definition) is 2. The fraction of sp³-hybridized carbons (Fsp3) is 0.400. The highest BCUT2D eigenvalue weighted by atomic mass is 16.5. The Hall–Kier alpha value is -2.77. The Morgan fingerprint density at radius 1 is 1.00 bits per heavy atom. The van der Waals surface area contributed by atoms with Crippen LogP contribution in [0.2, 0.25) is 0 Å². The molecule has 2 N–H and O–H groups in total. The third kappa shape index (κ3) is 5.85. The van der Waals surface area contributed by atoms with Crippen LogP contribution in [-0.4, -0.2) is 45.2 Å². The second-order valence-corrected chi connectivity index (χ2v) is 4.71. The van der Waals surface area contributed by atoms with Crippen LogP contribution in [0.5, 0.6) is 11.5 Å². The number of nitrogens with one attached hydrogen (secondary N) is 2. The first kappa shape index (κ1) is 18.3. The van der Waals surface area contributed by atoms with Crippen LogP contribution in [0, 0.1) is 0 Å². The predicted molar refractivity (Wildman–Crippen MR) is 82.4 cm³/mol. The van der Waals surface area contributed by atoms with Crippen molar-refractivity contribution in [3.05, 3.63) is 18.2 Å². The second kappa shape index (κ2) is 8.62. The minimum absolute atomic E-state index is 0.0253.